The summed E-state index contributed by atoms with van der Waals surface area (Å²) in [6, 6.07) is 7.48. The SMILES string of the molecule is CCCC(=O)OC(CC(F)(F)F)C(=O)c1ccccc1. The van der Waals surface area contributed by atoms with Crippen molar-refractivity contribution >= 4 is 11.8 Å². The molecule has 1 aromatic rings. The van der Waals surface area contributed by atoms with Crippen LogP contribution in [0.2, 0.25) is 0 Å². The zero-order valence-electron chi connectivity index (χ0n) is 10.9. The fraction of sp³-hybridized carbons (Fsp3) is 0.429. The Bertz CT molecular complexity index is 454. The molecule has 0 spiro atoms. The first kappa shape index (κ1) is 16.2. The van der Waals surface area contributed by atoms with E-state index in [0.717, 1.165) is 0 Å². The lowest BCUT2D eigenvalue weighted by Gasteiger charge is -2.18. The molecule has 0 saturated heterocycles. The van der Waals surface area contributed by atoms with Gasteiger partial charge >= 0.3 is 12.1 Å². The van der Waals surface area contributed by atoms with Crippen LogP contribution in [0.25, 0.3) is 0 Å². The summed E-state index contributed by atoms with van der Waals surface area (Å²) in [6.45, 7) is 1.69. The number of carbonyl (C=O) groups is 2. The maximum absolute atomic E-state index is 12.5. The molecule has 0 aliphatic rings. The van der Waals surface area contributed by atoms with Crippen molar-refractivity contribution < 1.29 is 27.5 Å². The molecule has 0 radical (unpaired) electrons. The third kappa shape index (κ3) is 5.42. The predicted octanol–water partition coefficient (Wildman–Crippen LogP) is 3.53. The molecule has 1 atom stereocenters. The predicted molar refractivity (Wildman–Crippen MR) is 66.2 cm³/mol. The van der Waals surface area contributed by atoms with Gasteiger partial charge < -0.3 is 4.74 Å². The number of carbonyl (C=O) groups excluding carboxylic acids is 2. The first-order chi connectivity index (χ1) is 9.33. The van der Waals surface area contributed by atoms with Crippen LogP contribution in [0, 0.1) is 0 Å². The highest BCUT2D eigenvalue weighted by atomic mass is 19.4. The van der Waals surface area contributed by atoms with Gasteiger partial charge in [-0.3, -0.25) is 9.59 Å². The third-order valence-electron chi connectivity index (χ3n) is 2.50. The maximum atomic E-state index is 12.5. The Kier molecular flexibility index (Phi) is 5.73. The summed E-state index contributed by atoms with van der Waals surface area (Å²) >= 11 is 0. The van der Waals surface area contributed by atoms with Crippen LogP contribution in [-0.4, -0.2) is 24.0 Å². The molecule has 0 bridgehead atoms. The molecule has 3 nitrogen and oxygen atoms in total. The molecule has 0 saturated carbocycles. The van der Waals surface area contributed by atoms with E-state index in [9.17, 15) is 22.8 Å². The molecule has 110 valence electrons. The summed E-state index contributed by atoms with van der Waals surface area (Å²) in [5, 5.41) is 0. The average Bonchev–Trinajstić information content (AvgIpc) is 2.37. The zero-order valence-corrected chi connectivity index (χ0v) is 10.9. The largest absolute Gasteiger partial charge is 0.454 e. The molecule has 0 aliphatic heterocycles. The van der Waals surface area contributed by atoms with Crippen LogP contribution in [0.4, 0.5) is 13.2 Å². The molecule has 0 aromatic heterocycles. The average molecular weight is 288 g/mol. The van der Waals surface area contributed by atoms with Crippen LogP contribution in [0.1, 0.15) is 36.5 Å². The summed E-state index contributed by atoms with van der Waals surface area (Å²) < 4.78 is 42.1. The molecule has 0 fully saturated rings. The lowest BCUT2D eigenvalue weighted by molar-refractivity contribution is -0.167. The summed E-state index contributed by atoms with van der Waals surface area (Å²) in [5.74, 6) is -1.64. The first-order valence-corrected chi connectivity index (χ1v) is 6.19. The van der Waals surface area contributed by atoms with E-state index in [4.69, 9.17) is 0 Å². The van der Waals surface area contributed by atoms with E-state index in [-0.39, 0.29) is 12.0 Å². The van der Waals surface area contributed by atoms with Crippen molar-refractivity contribution in [3.8, 4) is 0 Å². The van der Waals surface area contributed by atoms with Crippen LogP contribution in [0.5, 0.6) is 0 Å². The van der Waals surface area contributed by atoms with Crippen LogP contribution >= 0.6 is 0 Å². The Labute approximate surface area is 114 Å². The van der Waals surface area contributed by atoms with E-state index in [1.54, 1.807) is 13.0 Å². The van der Waals surface area contributed by atoms with Crippen LogP contribution in [0.3, 0.4) is 0 Å². The van der Waals surface area contributed by atoms with Gasteiger partial charge in [-0.2, -0.15) is 13.2 Å². The number of esters is 1. The second kappa shape index (κ2) is 7.07. The quantitative estimate of drug-likeness (QED) is 0.594. The molecule has 1 rings (SSSR count). The van der Waals surface area contributed by atoms with E-state index in [1.165, 1.54) is 24.3 Å². The normalized spacial score (nSPS) is 12.8. The molecule has 20 heavy (non-hydrogen) atoms. The minimum absolute atomic E-state index is 0.0174. The number of ether oxygens (including phenoxy) is 1. The van der Waals surface area contributed by atoms with Gasteiger partial charge in [0.1, 0.15) is 0 Å². The van der Waals surface area contributed by atoms with Crippen molar-refractivity contribution in [2.75, 3.05) is 0 Å². The maximum Gasteiger partial charge on any atom is 0.393 e. The van der Waals surface area contributed by atoms with Crippen molar-refractivity contribution in [3.05, 3.63) is 35.9 Å². The van der Waals surface area contributed by atoms with E-state index in [0.29, 0.717) is 6.42 Å². The van der Waals surface area contributed by atoms with E-state index < -0.39 is 30.5 Å². The Morgan fingerprint density at radius 2 is 1.80 bits per heavy atom. The molecule has 0 aliphatic carbocycles. The topological polar surface area (TPSA) is 43.4 Å². The van der Waals surface area contributed by atoms with E-state index in [1.807, 2.05) is 0 Å². The second-order valence-corrected chi connectivity index (χ2v) is 4.28. The molecule has 1 unspecified atom stereocenters. The van der Waals surface area contributed by atoms with Gasteiger partial charge in [-0.15, -0.1) is 0 Å². The van der Waals surface area contributed by atoms with Gasteiger partial charge in [0, 0.05) is 12.0 Å². The minimum atomic E-state index is -4.58. The van der Waals surface area contributed by atoms with E-state index >= 15 is 0 Å². The number of hydrogen-bond acceptors (Lipinski definition) is 3. The number of Topliss-reactive ketones (excluding diaryl/α,β-unsaturated/α-hetero) is 1. The zero-order chi connectivity index (χ0) is 15.2. The lowest BCUT2D eigenvalue weighted by atomic mass is 10.0. The van der Waals surface area contributed by atoms with Crippen molar-refractivity contribution in [2.24, 2.45) is 0 Å². The molecule has 0 heterocycles. The fourth-order valence-electron chi connectivity index (χ4n) is 1.61. The number of halogens is 3. The monoisotopic (exact) mass is 288 g/mol. The molecule has 0 N–H and O–H groups in total. The summed E-state index contributed by atoms with van der Waals surface area (Å²) in [7, 11) is 0. The Morgan fingerprint density at radius 1 is 1.20 bits per heavy atom. The highest BCUT2D eigenvalue weighted by Gasteiger charge is 2.37. The standard InChI is InChI=1S/C14H15F3O3/c1-2-6-12(18)20-11(9-14(15,16)17)13(19)10-7-4-3-5-8-10/h3-5,7-8,11H,2,6,9H2,1H3. The number of alkyl halides is 3. The molecule has 0 amide bonds. The Balaban J connectivity index is 2.87. The van der Waals surface area contributed by atoms with Crippen molar-refractivity contribution in [1.82, 2.24) is 0 Å². The van der Waals surface area contributed by atoms with Gasteiger partial charge in [-0.25, -0.2) is 0 Å². The van der Waals surface area contributed by atoms with Crippen molar-refractivity contribution in [3.63, 3.8) is 0 Å². The van der Waals surface area contributed by atoms with Gasteiger partial charge in [0.15, 0.2) is 6.10 Å². The Morgan fingerprint density at radius 3 is 2.30 bits per heavy atom. The third-order valence-corrected chi connectivity index (χ3v) is 2.50. The minimum Gasteiger partial charge on any atom is -0.454 e. The van der Waals surface area contributed by atoms with Crippen molar-refractivity contribution in [1.29, 1.82) is 0 Å². The fourth-order valence-corrected chi connectivity index (χ4v) is 1.61. The number of benzene rings is 1. The highest BCUT2D eigenvalue weighted by molar-refractivity contribution is 6.00. The smallest absolute Gasteiger partial charge is 0.393 e. The van der Waals surface area contributed by atoms with Gasteiger partial charge in [0.25, 0.3) is 0 Å². The highest BCUT2D eigenvalue weighted by Crippen LogP contribution is 2.25. The van der Waals surface area contributed by atoms with Crippen LogP contribution < -0.4 is 0 Å². The van der Waals surface area contributed by atoms with Gasteiger partial charge in [-0.05, 0) is 6.42 Å². The van der Waals surface area contributed by atoms with Gasteiger partial charge in [-0.1, -0.05) is 37.3 Å². The number of hydrogen-bond donors (Lipinski definition) is 0. The summed E-state index contributed by atoms with van der Waals surface area (Å²) in [4.78, 5) is 23.3. The lowest BCUT2D eigenvalue weighted by Crippen LogP contribution is -2.32. The molecule has 1 aromatic carbocycles. The Hall–Kier alpha value is -1.85. The number of ketones is 1. The van der Waals surface area contributed by atoms with Gasteiger partial charge in [0.05, 0.1) is 6.42 Å². The molecular formula is C14H15F3O3. The van der Waals surface area contributed by atoms with Crippen molar-refractivity contribution in [2.45, 2.75) is 38.5 Å². The van der Waals surface area contributed by atoms with Crippen LogP contribution in [0.15, 0.2) is 30.3 Å². The van der Waals surface area contributed by atoms with E-state index in [2.05, 4.69) is 4.74 Å². The molecule has 6 heteroatoms. The first-order valence-electron chi connectivity index (χ1n) is 6.19. The van der Waals surface area contributed by atoms with Crippen LogP contribution in [-0.2, 0) is 9.53 Å². The van der Waals surface area contributed by atoms with Gasteiger partial charge in [0.2, 0.25) is 5.78 Å². The number of rotatable bonds is 6. The summed E-state index contributed by atoms with van der Waals surface area (Å²) in [5.41, 5.74) is 0.0889. The summed E-state index contributed by atoms with van der Waals surface area (Å²) in [6.07, 6.45) is -7.46. The molecular weight excluding hydrogens is 273 g/mol. The second-order valence-electron chi connectivity index (χ2n) is 4.28.